The number of methoxy groups -OCH3 is 1. The summed E-state index contributed by atoms with van der Waals surface area (Å²) in [6.07, 6.45) is 1.55. The van der Waals surface area contributed by atoms with Crippen LogP contribution < -0.4 is 15.0 Å². The highest BCUT2D eigenvalue weighted by Gasteiger charge is 2.37. The predicted octanol–water partition coefficient (Wildman–Crippen LogP) is 5.40. The molecule has 172 valence electrons. The molecule has 0 radical (unpaired) electrons. The Morgan fingerprint density at radius 2 is 1.74 bits per heavy atom. The Morgan fingerprint density at radius 1 is 0.971 bits per heavy atom. The van der Waals surface area contributed by atoms with Crippen molar-refractivity contribution in [2.75, 3.05) is 12.0 Å². The number of benzene rings is 3. The second-order valence-corrected chi connectivity index (χ2v) is 8.20. The van der Waals surface area contributed by atoms with Gasteiger partial charge >= 0.3 is 6.03 Å². The minimum atomic E-state index is -0.910. The van der Waals surface area contributed by atoms with E-state index in [-0.39, 0.29) is 33.5 Å². The van der Waals surface area contributed by atoms with Crippen LogP contribution in [0.3, 0.4) is 0 Å². The summed E-state index contributed by atoms with van der Waals surface area (Å²) in [6, 6.07) is 14.6. The monoisotopic (exact) mass is 498 g/mol. The quantitative estimate of drug-likeness (QED) is 0.377. The predicted molar refractivity (Wildman–Crippen MR) is 128 cm³/mol. The van der Waals surface area contributed by atoms with Crippen LogP contribution in [0.2, 0.25) is 10.0 Å². The van der Waals surface area contributed by atoms with Gasteiger partial charge in [0.2, 0.25) is 0 Å². The van der Waals surface area contributed by atoms with Gasteiger partial charge in [0.05, 0.1) is 22.8 Å². The molecule has 1 saturated heterocycles. The van der Waals surface area contributed by atoms with Crippen LogP contribution >= 0.6 is 23.2 Å². The maximum absolute atomic E-state index is 14.3. The van der Waals surface area contributed by atoms with E-state index in [2.05, 4.69) is 5.32 Å². The molecule has 0 saturated carbocycles. The number of nitrogens with one attached hydrogen (secondary N) is 1. The van der Waals surface area contributed by atoms with Crippen molar-refractivity contribution < 1.29 is 23.5 Å². The normalized spacial score (nSPS) is 15.0. The second-order valence-electron chi connectivity index (χ2n) is 7.39. The number of rotatable bonds is 5. The van der Waals surface area contributed by atoms with Gasteiger partial charge in [-0.05, 0) is 59.2 Å². The number of halogens is 3. The van der Waals surface area contributed by atoms with Crippen LogP contribution in [0.1, 0.15) is 16.7 Å². The Morgan fingerprint density at radius 3 is 2.44 bits per heavy atom. The van der Waals surface area contributed by atoms with E-state index in [1.165, 1.54) is 37.5 Å². The molecule has 1 fully saturated rings. The fraction of sp³-hybridized carbons (Fsp3) is 0.0800. The minimum Gasteiger partial charge on any atom is -0.497 e. The zero-order chi connectivity index (χ0) is 24.4. The first-order chi connectivity index (χ1) is 16.3. The number of carbonyl (C=O) groups excluding carboxylic acids is 3. The molecule has 34 heavy (non-hydrogen) atoms. The summed E-state index contributed by atoms with van der Waals surface area (Å²) in [5.74, 6) is -1.54. The molecule has 4 amide bonds. The number of imide groups is 2. The largest absolute Gasteiger partial charge is 0.497 e. The van der Waals surface area contributed by atoms with E-state index in [1.807, 2.05) is 0 Å². The van der Waals surface area contributed by atoms with Crippen molar-refractivity contribution in [1.82, 2.24) is 5.32 Å². The summed E-state index contributed by atoms with van der Waals surface area (Å²) in [5, 5.41) is 2.55. The molecular weight excluding hydrogens is 482 g/mol. The molecule has 0 aromatic heterocycles. The number of hydrogen-bond donors (Lipinski definition) is 1. The minimum absolute atomic E-state index is 0.143. The Bertz CT molecular complexity index is 1360. The van der Waals surface area contributed by atoms with Gasteiger partial charge in [0, 0.05) is 6.42 Å². The second kappa shape index (κ2) is 9.67. The molecule has 3 aromatic carbocycles. The fourth-order valence-corrected chi connectivity index (χ4v) is 3.81. The first-order valence-electron chi connectivity index (χ1n) is 10.1. The van der Waals surface area contributed by atoms with E-state index in [4.69, 9.17) is 27.9 Å². The summed E-state index contributed by atoms with van der Waals surface area (Å²) < 4.78 is 19.6. The topological polar surface area (TPSA) is 75.7 Å². The lowest BCUT2D eigenvalue weighted by atomic mass is 9.96. The van der Waals surface area contributed by atoms with Crippen molar-refractivity contribution in [2.24, 2.45) is 0 Å². The van der Waals surface area contributed by atoms with Crippen LogP contribution in [0.15, 0.2) is 66.2 Å². The third-order valence-electron chi connectivity index (χ3n) is 5.25. The standard InChI is InChI=1S/C25H17Cl2FN2O4/c1-34-18-8-6-14(16(11-18)10-15-4-2-3-5-22(15)28)12-19-23(31)29-25(33)30(24(19)32)17-7-9-20(26)21(27)13-17/h2-9,11-13H,10H2,1H3,(H,29,31,33)/b19-12+. The van der Waals surface area contributed by atoms with Gasteiger partial charge in [0.1, 0.15) is 17.1 Å². The van der Waals surface area contributed by atoms with Crippen LogP contribution in [0.25, 0.3) is 6.08 Å². The van der Waals surface area contributed by atoms with E-state index < -0.39 is 17.8 Å². The summed E-state index contributed by atoms with van der Waals surface area (Å²) in [5.41, 5.74) is 1.42. The molecule has 1 heterocycles. The van der Waals surface area contributed by atoms with Crippen molar-refractivity contribution in [3.8, 4) is 5.75 Å². The molecule has 1 aliphatic heterocycles. The SMILES string of the molecule is COc1ccc(/C=C2\C(=O)NC(=O)N(c3ccc(Cl)c(Cl)c3)C2=O)c(Cc2ccccc2F)c1. The molecule has 1 aliphatic rings. The molecule has 4 rings (SSSR count). The van der Waals surface area contributed by atoms with Gasteiger partial charge in [-0.15, -0.1) is 0 Å². The van der Waals surface area contributed by atoms with Crippen molar-refractivity contribution in [2.45, 2.75) is 6.42 Å². The van der Waals surface area contributed by atoms with Crippen molar-refractivity contribution in [3.05, 3.63) is 98.8 Å². The third-order valence-corrected chi connectivity index (χ3v) is 5.99. The number of nitrogens with zero attached hydrogens (tertiary/aromatic N) is 1. The average molecular weight is 499 g/mol. The van der Waals surface area contributed by atoms with Gasteiger partial charge < -0.3 is 4.74 Å². The fourth-order valence-electron chi connectivity index (χ4n) is 3.52. The Balaban J connectivity index is 1.77. The summed E-state index contributed by atoms with van der Waals surface area (Å²) >= 11 is 12.0. The van der Waals surface area contributed by atoms with Gasteiger partial charge in [-0.1, -0.05) is 47.5 Å². The highest BCUT2D eigenvalue weighted by Crippen LogP contribution is 2.30. The lowest BCUT2D eigenvalue weighted by Gasteiger charge is -2.26. The zero-order valence-corrected chi connectivity index (χ0v) is 19.3. The van der Waals surface area contributed by atoms with E-state index in [1.54, 1.807) is 36.4 Å². The Kier molecular flexibility index (Phi) is 6.68. The maximum Gasteiger partial charge on any atom is 0.335 e. The van der Waals surface area contributed by atoms with Crippen molar-refractivity contribution in [1.29, 1.82) is 0 Å². The van der Waals surface area contributed by atoms with Gasteiger partial charge in [-0.2, -0.15) is 0 Å². The van der Waals surface area contributed by atoms with Crippen molar-refractivity contribution in [3.63, 3.8) is 0 Å². The maximum atomic E-state index is 14.3. The van der Waals surface area contributed by atoms with Gasteiger partial charge in [-0.25, -0.2) is 14.1 Å². The Hall–Kier alpha value is -3.68. The number of hydrogen-bond acceptors (Lipinski definition) is 4. The van der Waals surface area contributed by atoms with Crippen LogP contribution in [0.4, 0.5) is 14.9 Å². The number of anilines is 1. The number of urea groups is 1. The molecular formula is C25H17Cl2FN2O4. The molecule has 0 bridgehead atoms. The van der Waals surface area contributed by atoms with Gasteiger partial charge in [-0.3, -0.25) is 14.9 Å². The van der Waals surface area contributed by atoms with Gasteiger partial charge in [0.15, 0.2) is 0 Å². The first-order valence-corrected chi connectivity index (χ1v) is 10.8. The number of amides is 4. The number of barbiturate groups is 1. The Labute approximate surface area is 204 Å². The smallest absolute Gasteiger partial charge is 0.335 e. The average Bonchev–Trinajstić information content (AvgIpc) is 2.81. The summed E-state index contributed by atoms with van der Waals surface area (Å²) in [7, 11) is 1.50. The van der Waals surface area contributed by atoms with E-state index in [0.29, 0.717) is 22.4 Å². The molecule has 1 N–H and O–H groups in total. The number of ether oxygens (including phenoxy) is 1. The third kappa shape index (κ3) is 4.66. The van der Waals surface area contributed by atoms with Crippen molar-refractivity contribution >= 4 is 52.8 Å². The van der Waals surface area contributed by atoms with Crippen LogP contribution in [-0.4, -0.2) is 25.0 Å². The first kappa shape index (κ1) is 23.5. The molecule has 3 aromatic rings. The van der Waals surface area contributed by atoms with Crippen LogP contribution in [0, 0.1) is 5.82 Å². The molecule has 0 unspecified atom stereocenters. The lowest BCUT2D eigenvalue weighted by Crippen LogP contribution is -2.54. The van der Waals surface area contributed by atoms with Gasteiger partial charge in [0.25, 0.3) is 11.8 Å². The van der Waals surface area contributed by atoms with E-state index in [0.717, 1.165) is 4.90 Å². The highest BCUT2D eigenvalue weighted by atomic mass is 35.5. The molecule has 9 heteroatoms. The molecule has 0 aliphatic carbocycles. The van der Waals surface area contributed by atoms with E-state index >= 15 is 0 Å². The van der Waals surface area contributed by atoms with Crippen LogP contribution in [-0.2, 0) is 16.0 Å². The highest BCUT2D eigenvalue weighted by molar-refractivity contribution is 6.43. The summed E-state index contributed by atoms with van der Waals surface area (Å²) in [4.78, 5) is 39.0. The summed E-state index contributed by atoms with van der Waals surface area (Å²) in [6.45, 7) is 0. The molecule has 0 atom stereocenters. The van der Waals surface area contributed by atoms with Crippen LogP contribution in [0.5, 0.6) is 5.75 Å². The van der Waals surface area contributed by atoms with E-state index in [9.17, 15) is 18.8 Å². The zero-order valence-electron chi connectivity index (χ0n) is 17.8. The lowest BCUT2D eigenvalue weighted by molar-refractivity contribution is -0.122. The number of carbonyl (C=O) groups is 3. The molecule has 6 nitrogen and oxygen atoms in total. The molecule has 0 spiro atoms.